The van der Waals surface area contributed by atoms with Crippen molar-refractivity contribution in [1.29, 1.82) is 0 Å². The van der Waals surface area contributed by atoms with Crippen LogP contribution in [0, 0.1) is 0 Å². The maximum absolute atomic E-state index is 12.5. The van der Waals surface area contributed by atoms with Crippen molar-refractivity contribution in [2.24, 2.45) is 0 Å². The third-order valence-corrected chi connectivity index (χ3v) is 4.39. The lowest BCUT2D eigenvalue weighted by Crippen LogP contribution is -2.18. The molecule has 3 aromatic rings. The number of benzene rings is 2. The van der Waals surface area contributed by atoms with Crippen molar-refractivity contribution in [2.45, 2.75) is 19.9 Å². The zero-order chi connectivity index (χ0) is 20.6. The van der Waals surface area contributed by atoms with E-state index in [9.17, 15) is 4.79 Å². The molecule has 2 aromatic carbocycles. The van der Waals surface area contributed by atoms with E-state index in [0.29, 0.717) is 30.5 Å². The highest BCUT2D eigenvalue weighted by atomic mass is 16.5. The van der Waals surface area contributed by atoms with E-state index in [-0.39, 0.29) is 12.3 Å². The molecule has 29 heavy (non-hydrogen) atoms. The second kappa shape index (κ2) is 9.64. The van der Waals surface area contributed by atoms with Crippen molar-refractivity contribution >= 4 is 11.7 Å². The average Bonchev–Trinajstić information content (AvgIpc) is 3.15. The Balaban J connectivity index is 1.68. The largest absolute Gasteiger partial charge is 0.494 e. The van der Waals surface area contributed by atoms with Gasteiger partial charge in [-0.1, -0.05) is 24.3 Å². The minimum atomic E-state index is -0.117. The van der Waals surface area contributed by atoms with Crippen molar-refractivity contribution in [3.8, 4) is 17.2 Å². The lowest BCUT2D eigenvalue weighted by atomic mass is 10.1. The predicted molar refractivity (Wildman–Crippen MR) is 111 cm³/mol. The van der Waals surface area contributed by atoms with Crippen LogP contribution in [-0.2, 0) is 17.8 Å². The first-order valence-electron chi connectivity index (χ1n) is 9.37. The van der Waals surface area contributed by atoms with Gasteiger partial charge in [-0.25, -0.2) is 4.68 Å². The first kappa shape index (κ1) is 20.3. The van der Waals surface area contributed by atoms with Gasteiger partial charge in [0.25, 0.3) is 0 Å². The van der Waals surface area contributed by atoms with E-state index < -0.39 is 0 Å². The molecule has 0 saturated carbocycles. The van der Waals surface area contributed by atoms with E-state index in [1.807, 2.05) is 49.4 Å². The summed E-state index contributed by atoms with van der Waals surface area (Å²) in [6.07, 6.45) is 1.92. The molecule has 0 spiro atoms. The maximum atomic E-state index is 12.5. The van der Waals surface area contributed by atoms with Gasteiger partial charge in [0.15, 0.2) is 11.5 Å². The lowest BCUT2D eigenvalue weighted by Gasteiger charge is -2.14. The Morgan fingerprint density at radius 3 is 2.55 bits per heavy atom. The number of amides is 1. The van der Waals surface area contributed by atoms with Crippen molar-refractivity contribution in [3.63, 3.8) is 0 Å². The molecule has 7 nitrogen and oxygen atoms in total. The number of rotatable bonds is 9. The summed E-state index contributed by atoms with van der Waals surface area (Å²) >= 11 is 0. The minimum absolute atomic E-state index is 0.117. The Kier molecular flexibility index (Phi) is 6.73. The fraction of sp³-hybridized carbons (Fsp3) is 0.273. The number of carbonyl (C=O) groups excluding carboxylic acids is 1. The number of ether oxygens (including phenoxy) is 3. The Hall–Kier alpha value is -3.48. The van der Waals surface area contributed by atoms with Crippen LogP contribution in [0.15, 0.2) is 54.7 Å². The van der Waals surface area contributed by atoms with Gasteiger partial charge in [0.2, 0.25) is 5.91 Å². The molecule has 0 aliphatic heterocycles. The molecule has 0 bridgehead atoms. The molecule has 1 N–H and O–H groups in total. The van der Waals surface area contributed by atoms with E-state index >= 15 is 0 Å². The van der Waals surface area contributed by atoms with E-state index in [1.54, 1.807) is 31.2 Å². The highest BCUT2D eigenvalue weighted by molar-refractivity contribution is 5.91. The molecular formula is C22H25N3O4. The number of nitrogens with one attached hydrogen (secondary N) is 1. The smallest absolute Gasteiger partial charge is 0.229 e. The number of methoxy groups -OCH3 is 2. The lowest BCUT2D eigenvalue weighted by molar-refractivity contribution is -0.115. The van der Waals surface area contributed by atoms with Crippen LogP contribution in [0.4, 0.5) is 5.82 Å². The summed E-state index contributed by atoms with van der Waals surface area (Å²) in [6, 6.07) is 15.0. The Bertz CT molecular complexity index is 951. The molecule has 0 fully saturated rings. The molecule has 0 radical (unpaired) electrons. The number of nitrogens with zero attached hydrogens (tertiary/aromatic N) is 2. The predicted octanol–water partition coefficient (Wildman–Crippen LogP) is 3.53. The standard InChI is InChI=1S/C22H25N3O4/c1-4-29-18-10-8-16(9-11-18)14-21(26)24-20-12-13-23-25(20)15-17-6-5-7-19(27-2)22(17)28-3/h5-13H,4,14-15H2,1-3H3,(H,24,26). The fourth-order valence-corrected chi connectivity index (χ4v) is 3.05. The van der Waals surface area contributed by atoms with Gasteiger partial charge < -0.3 is 19.5 Å². The van der Waals surface area contributed by atoms with Crippen molar-refractivity contribution in [2.75, 3.05) is 26.1 Å². The summed E-state index contributed by atoms with van der Waals surface area (Å²) in [5.41, 5.74) is 1.81. The normalized spacial score (nSPS) is 10.4. The molecule has 0 atom stereocenters. The summed E-state index contributed by atoms with van der Waals surface area (Å²) in [7, 11) is 3.20. The van der Waals surface area contributed by atoms with Crippen LogP contribution in [-0.4, -0.2) is 36.5 Å². The topological polar surface area (TPSA) is 74.6 Å². The maximum Gasteiger partial charge on any atom is 0.229 e. The van der Waals surface area contributed by atoms with Gasteiger partial charge in [-0.15, -0.1) is 0 Å². The average molecular weight is 395 g/mol. The van der Waals surface area contributed by atoms with Crippen LogP contribution in [0.25, 0.3) is 0 Å². The van der Waals surface area contributed by atoms with Crippen LogP contribution >= 0.6 is 0 Å². The molecule has 152 valence electrons. The van der Waals surface area contributed by atoms with E-state index in [4.69, 9.17) is 14.2 Å². The van der Waals surface area contributed by atoms with E-state index in [0.717, 1.165) is 16.9 Å². The van der Waals surface area contributed by atoms with Crippen molar-refractivity contribution in [1.82, 2.24) is 9.78 Å². The van der Waals surface area contributed by atoms with Gasteiger partial charge in [-0.3, -0.25) is 4.79 Å². The number of anilines is 1. The number of para-hydroxylation sites is 1. The molecule has 0 saturated heterocycles. The highest BCUT2D eigenvalue weighted by Gasteiger charge is 2.13. The van der Waals surface area contributed by atoms with Crippen LogP contribution < -0.4 is 19.5 Å². The molecule has 1 aromatic heterocycles. The quantitative estimate of drug-likeness (QED) is 0.600. The van der Waals surface area contributed by atoms with Crippen molar-refractivity contribution in [3.05, 3.63) is 65.9 Å². The fourth-order valence-electron chi connectivity index (χ4n) is 3.05. The van der Waals surface area contributed by atoms with Crippen LogP contribution in [0.2, 0.25) is 0 Å². The molecular weight excluding hydrogens is 370 g/mol. The monoisotopic (exact) mass is 395 g/mol. The van der Waals surface area contributed by atoms with Crippen LogP contribution in [0.5, 0.6) is 17.2 Å². The van der Waals surface area contributed by atoms with Crippen LogP contribution in [0.3, 0.4) is 0 Å². The van der Waals surface area contributed by atoms with E-state index in [2.05, 4.69) is 10.4 Å². The minimum Gasteiger partial charge on any atom is -0.494 e. The summed E-state index contributed by atoms with van der Waals surface area (Å²) in [5, 5.41) is 7.25. The number of hydrogen-bond donors (Lipinski definition) is 1. The summed E-state index contributed by atoms with van der Waals surface area (Å²) in [6.45, 7) is 2.99. The second-order valence-electron chi connectivity index (χ2n) is 6.33. The van der Waals surface area contributed by atoms with Gasteiger partial charge in [0, 0.05) is 11.6 Å². The number of hydrogen-bond acceptors (Lipinski definition) is 5. The highest BCUT2D eigenvalue weighted by Crippen LogP contribution is 2.31. The summed E-state index contributed by atoms with van der Waals surface area (Å²) in [4.78, 5) is 12.5. The Morgan fingerprint density at radius 1 is 1.07 bits per heavy atom. The molecule has 0 unspecified atom stereocenters. The zero-order valence-electron chi connectivity index (χ0n) is 16.8. The molecule has 7 heteroatoms. The first-order chi connectivity index (χ1) is 14.1. The molecule has 1 heterocycles. The van der Waals surface area contributed by atoms with Gasteiger partial charge >= 0.3 is 0 Å². The SMILES string of the molecule is CCOc1ccc(CC(=O)Nc2ccnn2Cc2cccc(OC)c2OC)cc1. The second-order valence-corrected chi connectivity index (χ2v) is 6.33. The Morgan fingerprint density at radius 2 is 1.86 bits per heavy atom. The van der Waals surface area contributed by atoms with Gasteiger partial charge in [0.1, 0.15) is 11.6 Å². The zero-order valence-corrected chi connectivity index (χ0v) is 16.8. The number of aromatic nitrogens is 2. The summed E-state index contributed by atoms with van der Waals surface area (Å²) in [5.74, 6) is 2.59. The third-order valence-electron chi connectivity index (χ3n) is 4.39. The Labute approximate surface area is 170 Å². The van der Waals surface area contributed by atoms with Gasteiger partial charge in [-0.2, -0.15) is 5.10 Å². The molecule has 0 aliphatic rings. The van der Waals surface area contributed by atoms with Crippen molar-refractivity contribution < 1.29 is 19.0 Å². The summed E-state index contributed by atoms with van der Waals surface area (Å²) < 4.78 is 18.0. The first-order valence-corrected chi connectivity index (χ1v) is 9.37. The molecule has 0 aliphatic carbocycles. The third kappa shape index (κ3) is 5.07. The van der Waals surface area contributed by atoms with Gasteiger partial charge in [0.05, 0.1) is 40.0 Å². The molecule has 1 amide bonds. The molecule has 3 rings (SSSR count). The van der Waals surface area contributed by atoms with Crippen LogP contribution in [0.1, 0.15) is 18.1 Å². The van der Waals surface area contributed by atoms with E-state index in [1.165, 1.54) is 0 Å². The number of carbonyl (C=O) groups is 1. The van der Waals surface area contributed by atoms with Gasteiger partial charge in [-0.05, 0) is 30.7 Å².